The summed E-state index contributed by atoms with van der Waals surface area (Å²) >= 11 is 0. The average Bonchev–Trinajstić information content (AvgIpc) is 3.25. The Morgan fingerprint density at radius 1 is 1.48 bits per heavy atom. The number of allylic oxidation sites excluding steroid dienone is 2. The lowest BCUT2D eigenvalue weighted by Crippen LogP contribution is -2.23. The Morgan fingerprint density at radius 2 is 2.26 bits per heavy atom. The molecule has 8 heteroatoms. The quantitative estimate of drug-likeness (QED) is 0.888. The van der Waals surface area contributed by atoms with Gasteiger partial charge in [0.05, 0.1) is 11.4 Å². The van der Waals surface area contributed by atoms with Gasteiger partial charge in [-0.1, -0.05) is 0 Å². The summed E-state index contributed by atoms with van der Waals surface area (Å²) in [5.41, 5.74) is -0.0186. The lowest BCUT2D eigenvalue weighted by Gasteiger charge is -2.04. The van der Waals surface area contributed by atoms with Gasteiger partial charge in [-0.25, -0.2) is 9.18 Å². The molecule has 116 valence electrons. The fourth-order valence-corrected chi connectivity index (χ4v) is 2.56. The van der Waals surface area contributed by atoms with Gasteiger partial charge < -0.3 is 4.98 Å². The van der Waals surface area contributed by atoms with Gasteiger partial charge in [0.1, 0.15) is 11.8 Å². The summed E-state index contributed by atoms with van der Waals surface area (Å²) < 4.78 is 13.0. The normalized spacial score (nSPS) is 20.1. The summed E-state index contributed by atoms with van der Waals surface area (Å²) in [7, 11) is 0. The van der Waals surface area contributed by atoms with E-state index in [4.69, 9.17) is 5.26 Å². The van der Waals surface area contributed by atoms with E-state index in [9.17, 15) is 14.0 Å². The van der Waals surface area contributed by atoms with Crippen molar-refractivity contribution in [2.75, 3.05) is 0 Å². The first-order valence-electron chi connectivity index (χ1n) is 6.93. The zero-order chi connectivity index (χ0) is 16.6. The molecule has 0 radical (unpaired) electrons. The van der Waals surface area contributed by atoms with Crippen LogP contribution in [0.15, 0.2) is 33.8 Å². The van der Waals surface area contributed by atoms with Gasteiger partial charge in [-0.15, -0.1) is 10.2 Å². The predicted molar refractivity (Wildman–Crippen MR) is 79.1 cm³/mol. The number of nitriles is 1. The van der Waals surface area contributed by atoms with Crippen LogP contribution >= 0.6 is 0 Å². The third kappa shape index (κ3) is 2.94. The molecular weight excluding hydrogens is 301 g/mol. The highest BCUT2D eigenvalue weighted by Crippen LogP contribution is 2.49. The molecule has 23 heavy (non-hydrogen) atoms. The summed E-state index contributed by atoms with van der Waals surface area (Å²) in [4.78, 5) is 27.4. The smallest absolute Gasteiger partial charge is 0.313 e. The Labute approximate surface area is 129 Å². The van der Waals surface area contributed by atoms with Crippen LogP contribution in [-0.2, 0) is 0 Å². The number of hydrogen-bond donors (Lipinski definition) is 2. The highest BCUT2D eigenvalue weighted by Gasteiger charge is 2.39. The van der Waals surface area contributed by atoms with Crippen molar-refractivity contribution in [1.29, 1.82) is 5.26 Å². The second-order valence-electron chi connectivity index (χ2n) is 5.39. The molecule has 1 fully saturated rings. The number of H-pyrrole nitrogens is 2. The number of aromatic nitrogens is 4. The third-order valence-electron chi connectivity index (χ3n) is 3.71. The van der Waals surface area contributed by atoms with Crippen LogP contribution in [0.3, 0.4) is 0 Å². The summed E-state index contributed by atoms with van der Waals surface area (Å²) in [5, 5.41) is 16.9. The summed E-state index contributed by atoms with van der Waals surface area (Å²) in [5.74, 6) is -0.278. The summed E-state index contributed by atoms with van der Waals surface area (Å²) in [6.07, 6.45) is 3.47. The van der Waals surface area contributed by atoms with Gasteiger partial charge in [-0.3, -0.25) is 9.78 Å². The number of nitrogens with one attached hydrogen (secondary N) is 2. The Balaban J connectivity index is 2.04. The second kappa shape index (κ2) is 5.61. The van der Waals surface area contributed by atoms with Crippen LogP contribution in [0.1, 0.15) is 30.5 Å². The van der Waals surface area contributed by atoms with E-state index in [-0.39, 0.29) is 34.6 Å². The van der Waals surface area contributed by atoms with E-state index in [0.717, 1.165) is 0 Å². The number of hydrogen-bond acceptors (Lipinski definition) is 5. The lowest BCUT2D eigenvalue weighted by molar-refractivity contribution is 0.630. The van der Waals surface area contributed by atoms with Crippen molar-refractivity contribution in [3.8, 4) is 17.3 Å². The summed E-state index contributed by atoms with van der Waals surface area (Å²) in [6, 6.07) is 3.56. The van der Waals surface area contributed by atoms with Crippen molar-refractivity contribution < 1.29 is 4.39 Å². The maximum Gasteiger partial charge on any atom is 0.325 e. The lowest BCUT2D eigenvalue weighted by atomic mass is 10.1. The van der Waals surface area contributed by atoms with E-state index in [1.165, 1.54) is 19.2 Å². The largest absolute Gasteiger partial charge is 0.325 e. The molecular formula is C15H12FN5O2. The molecule has 1 saturated carbocycles. The maximum atomic E-state index is 13.0. The molecule has 2 N–H and O–H groups in total. The zero-order valence-corrected chi connectivity index (χ0v) is 12.1. The molecule has 0 spiro atoms. The van der Waals surface area contributed by atoms with E-state index >= 15 is 0 Å². The Bertz CT molecular complexity index is 949. The molecule has 1 aliphatic carbocycles. The molecule has 2 aromatic heterocycles. The molecule has 2 atom stereocenters. The van der Waals surface area contributed by atoms with Gasteiger partial charge in [-0.2, -0.15) is 5.26 Å². The molecule has 7 nitrogen and oxygen atoms in total. The molecule has 0 unspecified atom stereocenters. The minimum Gasteiger partial charge on any atom is -0.313 e. The van der Waals surface area contributed by atoms with Crippen molar-refractivity contribution in [3.05, 3.63) is 56.3 Å². The first-order chi connectivity index (χ1) is 11.0. The Hall–Kier alpha value is -3.08. The van der Waals surface area contributed by atoms with E-state index in [1.54, 1.807) is 6.07 Å². The molecule has 0 aliphatic heterocycles. The highest BCUT2D eigenvalue weighted by atomic mass is 19.1. The van der Waals surface area contributed by atoms with Crippen LogP contribution in [0.5, 0.6) is 0 Å². The first kappa shape index (κ1) is 14.8. The van der Waals surface area contributed by atoms with Crippen LogP contribution in [0.4, 0.5) is 4.39 Å². The van der Waals surface area contributed by atoms with E-state index in [0.29, 0.717) is 12.0 Å². The van der Waals surface area contributed by atoms with Gasteiger partial charge in [0.25, 0.3) is 5.56 Å². The van der Waals surface area contributed by atoms with Gasteiger partial charge in [0.2, 0.25) is 0 Å². The topological polar surface area (TPSA) is 115 Å². The SMILES string of the molecule is C/C(F)=C/[C@H]1C[C@@H]1c1cc(-c2c[nH]c(=O)[nH]c2=O)nnc1C#N. The van der Waals surface area contributed by atoms with Crippen LogP contribution in [0.25, 0.3) is 11.3 Å². The molecule has 0 bridgehead atoms. The highest BCUT2D eigenvalue weighted by molar-refractivity contribution is 5.58. The minimum atomic E-state index is -0.619. The predicted octanol–water partition coefficient (Wildman–Crippen LogP) is 1.37. The molecule has 0 amide bonds. The van der Waals surface area contributed by atoms with Crippen molar-refractivity contribution in [1.82, 2.24) is 20.2 Å². The van der Waals surface area contributed by atoms with Crippen molar-refractivity contribution in [2.24, 2.45) is 5.92 Å². The minimum absolute atomic E-state index is 0.0121. The molecule has 0 aromatic carbocycles. The number of halogens is 1. The third-order valence-corrected chi connectivity index (χ3v) is 3.71. The van der Waals surface area contributed by atoms with Crippen LogP contribution in [-0.4, -0.2) is 20.2 Å². The van der Waals surface area contributed by atoms with Crippen molar-refractivity contribution in [3.63, 3.8) is 0 Å². The van der Waals surface area contributed by atoms with Crippen LogP contribution < -0.4 is 11.2 Å². The fraction of sp³-hybridized carbons (Fsp3) is 0.267. The molecule has 1 aliphatic rings. The fourth-order valence-electron chi connectivity index (χ4n) is 2.56. The van der Waals surface area contributed by atoms with Gasteiger partial charge >= 0.3 is 5.69 Å². The van der Waals surface area contributed by atoms with E-state index in [2.05, 4.69) is 20.2 Å². The zero-order valence-electron chi connectivity index (χ0n) is 12.1. The van der Waals surface area contributed by atoms with Crippen LogP contribution in [0, 0.1) is 17.2 Å². The standard InChI is InChI=1S/C15H12FN5O2/c1-7(16)2-8-3-9(8)10-4-12(20-21-13(10)5-17)11-6-18-15(23)19-14(11)22/h2,4,6,8-9H,3H2,1H3,(H2,18,19,22,23)/b7-2-/t8-,9-/m0/s1. The number of rotatable bonds is 3. The monoisotopic (exact) mass is 313 g/mol. The van der Waals surface area contributed by atoms with Gasteiger partial charge in [-0.05, 0) is 42.9 Å². The Morgan fingerprint density at radius 3 is 2.91 bits per heavy atom. The first-order valence-corrected chi connectivity index (χ1v) is 6.93. The summed E-state index contributed by atoms with van der Waals surface area (Å²) in [6.45, 7) is 1.37. The van der Waals surface area contributed by atoms with E-state index < -0.39 is 11.2 Å². The number of nitrogens with zero attached hydrogens (tertiary/aromatic N) is 3. The van der Waals surface area contributed by atoms with Gasteiger partial charge in [0.15, 0.2) is 5.69 Å². The average molecular weight is 313 g/mol. The molecule has 2 aromatic rings. The van der Waals surface area contributed by atoms with Crippen LogP contribution in [0.2, 0.25) is 0 Å². The number of aromatic amines is 2. The Kier molecular flexibility index (Phi) is 3.62. The van der Waals surface area contributed by atoms with Crippen molar-refractivity contribution >= 4 is 0 Å². The molecule has 0 saturated heterocycles. The molecule has 3 rings (SSSR count). The van der Waals surface area contributed by atoms with E-state index in [1.807, 2.05) is 6.07 Å². The molecule has 2 heterocycles. The van der Waals surface area contributed by atoms with Gasteiger partial charge in [0, 0.05) is 6.20 Å². The van der Waals surface area contributed by atoms with Crippen molar-refractivity contribution in [2.45, 2.75) is 19.3 Å². The maximum absolute atomic E-state index is 13.0. The second-order valence-corrected chi connectivity index (χ2v) is 5.39.